The number of carbonyl (C=O) groups is 1. The average molecular weight is 448 g/mol. The van der Waals surface area contributed by atoms with E-state index in [1.807, 2.05) is 45.3 Å². The highest BCUT2D eigenvalue weighted by atomic mass is 19.1. The van der Waals surface area contributed by atoms with E-state index >= 15 is 0 Å². The van der Waals surface area contributed by atoms with Crippen LogP contribution in [0.25, 0.3) is 11.1 Å². The molecule has 0 radical (unpaired) electrons. The highest BCUT2D eigenvalue weighted by molar-refractivity contribution is 5.97. The standard InChI is InChI=1S/C26H30FN5O/c1-16-4-7-24(32-14-22-5-6-23(15-32)30-22)11-25(16)26(33)29-17(2)18-8-19(10-21(27)9-18)20-12-28-31(3)13-20/h4,7-13,17,22-23,30H,5-6,14-15H2,1-3H3,(H,29,33)/t17-,22-,23+/m1/s1. The van der Waals surface area contributed by atoms with Gasteiger partial charge in [-0.3, -0.25) is 9.48 Å². The van der Waals surface area contributed by atoms with E-state index in [2.05, 4.69) is 26.7 Å². The predicted molar refractivity (Wildman–Crippen MR) is 128 cm³/mol. The van der Waals surface area contributed by atoms with Crippen LogP contribution >= 0.6 is 0 Å². The minimum atomic E-state index is -0.346. The fraction of sp³-hybridized carbons (Fsp3) is 0.385. The van der Waals surface area contributed by atoms with E-state index in [1.54, 1.807) is 10.9 Å². The van der Waals surface area contributed by atoms with Gasteiger partial charge >= 0.3 is 0 Å². The first-order valence-corrected chi connectivity index (χ1v) is 11.6. The second-order valence-corrected chi connectivity index (χ2v) is 9.41. The largest absolute Gasteiger partial charge is 0.368 e. The molecule has 2 fully saturated rings. The Balaban J connectivity index is 1.35. The van der Waals surface area contributed by atoms with E-state index in [9.17, 15) is 9.18 Å². The molecule has 0 spiro atoms. The number of carbonyl (C=O) groups excluding carboxylic acids is 1. The zero-order valence-electron chi connectivity index (χ0n) is 19.3. The van der Waals surface area contributed by atoms with Crippen LogP contribution < -0.4 is 15.5 Å². The van der Waals surface area contributed by atoms with Crippen molar-refractivity contribution in [2.45, 2.75) is 44.8 Å². The van der Waals surface area contributed by atoms with Crippen molar-refractivity contribution in [2.24, 2.45) is 7.05 Å². The van der Waals surface area contributed by atoms with Gasteiger partial charge in [-0.15, -0.1) is 0 Å². The number of nitrogens with zero attached hydrogens (tertiary/aromatic N) is 3. The molecule has 5 rings (SSSR count). The predicted octanol–water partition coefficient (Wildman–Crippen LogP) is 3.97. The monoisotopic (exact) mass is 447 g/mol. The van der Waals surface area contributed by atoms with Gasteiger partial charge < -0.3 is 15.5 Å². The fourth-order valence-electron chi connectivity index (χ4n) is 5.02. The van der Waals surface area contributed by atoms with Crippen LogP contribution in [0.3, 0.4) is 0 Å². The van der Waals surface area contributed by atoms with Gasteiger partial charge in [0.1, 0.15) is 5.82 Å². The SMILES string of the molecule is Cc1ccc(N2C[C@H]3CC[C@@H](C2)N3)cc1C(=O)N[C@H](C)c1cc(F)cc(-c2cnn(C)c2)c1. The number of anilines is 1. The lowest BCUT2D eigenvalue weighted by atomic mass is 10.0. The van der Waals surface area contributed by atoms with Crippen LogP contribution in [0.5, 0.6) is 0 Å². The van der Waals surface area contributed by atoms with Gasteiger partial charge in [0.25, 0.3) is 5.91 Å². The summed E-state index contributed by atoms with van der Waals surface area (Å²) >= 11 is 0. The Labute approximate surface area is 193 Å². The third-order valence-corrected chi connectivity index (χ3v) is 6.85. The topological polar surface area (TPSA) is 62.2 Å². The minimum absolute atomic E-state index is 0.146. The summed E-state index contributed by atoms with van der Waals surface area (Å²) in [5.41, 5.74) is 4.97. The molecule has 0 aliphatic carbocycles. The summed E-state index contributed by atoms with van der Waals surface area (Å²) in [6.45, 7) is 5.77. The minimum Gasteiger partial charge on any atom is -0.368 e. The molecule has 3 heterocycles. The van der Waals surface area contributed by atoms with Gasteiger partial charge in [0.15, 0.2) is 0 Å². The van der Waals surface area contributed by atoms with Gasteiger partial charge in [-0.25, -0.2) is 4.39 Å². The summed E-state index contributed by atoms with van der Waals surface area (Å²) in [7, 11) is 1.83. The van der Waals surface area contributed by atoms with Gasteiger partial charge in [-0.2, -0.15) is 5.10 Å². The number of aryl methyl sites for hydroxylation is 2. The van der Waals surface area contributed by atoms with Crippen LogP contribution in [-0.2, 0) is 7.05 Å². The van der Waals surface area contributed by atoms with Crippen molar-refractivity contribution in [1.82, 2.24) is 20.4 Å². The first kappa shape index (κ1) is 21.6. The quantitative estimate of drug-likeness (QED) is 0.621. The summed E-state index contributed by atoms with van der Waals surface area (Å²) in [4.78, 5) is 15.6. The third kappa shape index (κ3) is 4.50. The number of hydrogen-bond donors (Lipinski definition) is 2. The van der Waals surface area contributed by atoms with Crippen LogP contribution in [0.15, 0.2) is 48.8 Å². The maximum Gasteiger partial charge on any atom is 0.252 e. The maximum atomic E-state index is 14.4. The molecule has 6 nitrogen and oxygen atoms in total. The van der Waals surface area contributed by atoms with Crippen molar-refractivity contribution in [3.8, 4) is 11.1 Å². The van der Waals surface area contributed by atoms with Crippen LogP contribution in [0, 0.1) is 12.7 Å². The Bertz CT molecular complexity index is 1180. The Morgan fingerprint density at radius 1 is 1.15 bits per heavy atom. The molecule has 2 aliphatic rings. The maximum absolute atomic E-state index is 14.4. The summed E-state index contributed by atoms with van der Waals surface area (Å²) < 4.78 is 16.1. The van der Waals surface area contributed by atoms with Crippen molar-refractivity contribution in [1.29, 1.82) is 0 Å². The molecule has 2 aromatic carbocycles. The average Bonchev–Trinajstić information content (AvgIpc) is 3.37. The molecular weight excluding hydrogens is 417 g/mol. The second-order valence-electron chi connectivity index (χ2n) is 9.41. The Hall–Kier alpha value is -3.19. The van der Waals surface area contributed by atoms with Gasteiger partial charge in [0.05, 0.1) is 12.2 Å². The van der Waals surface area contributed by atoms with E-state index in [4.69, 9.17) is 0 Å². The third-order valence-electron chi connectivity index (χ3n) is 6.85. The Kier molecular flexibility index (Phi) is 5.66. The molecule has 172 valence electrons. The lowest BCUT2D eigenvalue weighted by Gasteiger charge is -2.35. The zero-order chi connectivity index (χ0) is 23.1. The number of aromatic nitrogens is 2. The molecule has 7 heteroatoms. The van der Waals surface area contributed by atoms with Crippen molar-refractivity contribution < 1.29 is 9.18 Å². The van der Waals surface area contributed by atoms with E-state index in [-0.39, 0.29) is 17.8 Å². The number of nitrogens with one attached hydrogen (secondary N) is 2. The summed E-state index contributed by atoms with van der Waals surface area (Å²) in [5, 5.41) is 10.9. The molecule has 2 bridgehead atoms. The number of hydrogen-bond acceptors (Lipinski definition) is 4. The number of fused-ring (bicyclic) bond motifs is 2. The van der Waals surface area contributed by atoms with Crippen molar-refractivity contribution in [3.63, 3.8) is 0 Å². The first-order chi connectivity index (χ1) is 15.9. The highest BCUT2D eigenvalue weighted by Crippen LogP contribution is 2.28. The Morgan fingerprint density at radius 2 is 1.91 bits per heavy atom. The van der Waals surface area contributed by atoms with Gasteiger partial charge in [0.2, 0.25) is 0 Å². The second kappa shape index (κ2) is 8.63. The normalized spacial score (nSPS) is 20.7. The number of benzene rings is 2. The highest BCUT2D eigenvalue weighted by Gasteiger charge is 2.32. The molecule has 2 N–H and O–H groups in total. The fourth-order valence-corrected chi connectivity index (χ4v) is 5.02. The summed E-state index contributed by atoms with van der Waals surface area (Å²) in [6.07, 6.45) is 5.98. The summed E-state index contributed by atoms with van der Waals surface area (Å²) in [6, 6.07) is 11.7. The number of halogens is 1. The molecule has 1 amide bonds. The van der Waals surface area contributed by atoms with E-state index in [0.29, 0.717) is 17.6 Å². The van der Waals surface area contributed by atoms with Crippen molar-refractivity contribution >= 4 is 11.6 Å². The van der Waals surface area contributed by atoms with Gasteiger partial charge in [0, 0.05) is 55.2 Å². The first-order valence-electron chi connectivity index (χ1n) is 11.6. The van der Waals surface area contributed by atoms with Gasteiger partial charge in [-0.1, -0.05) is 6.07 Å². The number of amides is 1. The zero-order valence-corrected chi connectivity index (χ0v) is 19.3. The number of piperazine rings is 1. The van der Waals surface area contributed by atoms with Crippen molar-refractivity contribution in [3.05, 3.63) is 71.3 Å². The lowest BCUT2D eigenvalue weighted by Crippen LogP contribution is -2.51. The van der Waals surface area contributed by atoms with Crippen LogP contribution in [-0.4, -0.2) is 40.9 Å². The van der Waals surface area contributed by atoms with E-state index < -0.39 is 0 Å². The van der Waals surface area contributed by atoms with Crippen LogP contribution in [0.4, 0.5) is 10.1 Å². The molecular formula is C26H30FN5O. The summed E-state index contributed by atoms with van der Waals surface area (Å²) in [5.74, 6) is -0.480. The molecule has 0 unspecified atom stereocenters. The van der Waals surface area contributed by atoms with Crippen molar-refractivity contribution in [2.75, 3.05) is 18.0 Å². The number of rotatable bonds is 5. The molecule has 0 saturated carbocycles. The molecule has 2 saturated heterocycles. The van der Waals surface area contributed by atoms with E-state index in [1.165, 1.54) is 25.0 Å². The molecule has 2 aliphatic heterocycles. The molecule has 1 aromatic heterocycles. The molecule has 3 atom stereocenters. The lowest BCUT2D eigenvalue weighted by molar-refractivity contribution is 0.0939. The van der Waals surface area contributed by atoms with Crippen LogP contribution in [0.1, 0.15) is 47.3 Å². The smallest absolute Gasteiger partial charge is 0.252 e. The Morgan fingerprint density at radius 3 is 2.61 bits per heavy atom. The molecule has 33 heavy (non-hydrogen) atoms. The van der Waals surface area contributed by atoms with Crippen LogP contribution in [0.2, 0.25) is 0 Å². The van der Waals surface area contributed by atoms with Gasteiger partial charge in [-0.05, 0) is 73.7 Å². The molecule has 3 aromatic rings. The van der Waals surface area contributed by atoms with E-state index in [0.717, 1.165) is 41.0 Å².